The Balaban J connectivity index is 2.24. The Labute approximate surface area is 73.3 Å². The Morgan fingerprint density at radius 2 is 2.17 bits per heavy atom. The third-order valence-corrected chi connectivity index (χ3v) is 1.69. The van der Waals surface area contributed by atoms with E-state index < -0.39 is 6.04 Å². The summed E-state index contributed by atoms with van der Waals surface area (Å²) in [5, 5.41) is 0. The van der Waals surface area contributed by atoms with E-state index in [4.69, 9.17) is 5.73 Å². The number of carbonyl (C=O) groups is 1. The van der Waals surface area contributed by atoms with Gasteiger partial charge in [-0.2, -0.15) is 0 Å². The average molecular weight is 166 g/mol. The summed E-state index contributed by atoms with van der Waals surface area (Å²) in [6.45, 7) is 0. The lowest BCUT2D eigenvalue weighted by Gasteiger charge is -2.12. The molecule has 12 heavy (non-hydrogen) atoms. The minimum absolute atomic E-state index is 0.365. The van der Waals surface area contributed by atoms with E-state index in [0.717, 1.165) is 5.92 Å². The van der Waals surface area contributed by atoms with Gasteiger partial charge in [0.25, 0.3) is 0 Å². The zero-order chi connectivity index (χ0) is 8.97. The van der Waals surface area contributed by atoms with Gasteiger partial charge in [-0.15, -0.1) is 0 Å². The van der Waals surface area contributed by atoms with Gasteiger partial charge in [0.1, 0.15) is 6.04 Å². The Bertz CT molecular complexity index is 153. The molecule has 3 nitrogen and oxygen atoms in total. The minimum atomic E-state index is -0.544. The van der Waals surface area contributed by atoms with Crippen LogP contribution in [-0.2, 0) is 9.53 Å². The van der Waals surface area contributed by atoms with Gasteiger partial charge in [-0.3, -0.25) is 4.79 Å². The number of hydrogen-bond acceptors (Lipinski definition) is 3. The van der Waals surface area contributed by atoms with Gasteiger partial charge < -0.3 is 10.5 Å². The van der Waals surface area contributed by atoms with Gasteiger partial charge in [0, 0.05) is 0 Å². The van der Waals surface area contributed by atoms with Gasteiger partial charge in [-0.05, 0) is 38.0 Å². The first-order chi connectivity index (χ1) is 5.74. The summed E-state index contributed by atoms with van der Waals surface area (Å²) in [6.07, 6.45) is 8.24. The quantitative estimate of drug-likeness (QED) is 0.613. The number of esters is 1. The first kappa shape index (κ1) is 9.52. The highest BCUT2D eigenvalue weighted by Gasteiger charge is 2.23. The first-order valence-electron chi connectivity index (χ1n) is 3.78. The van der Waals surface area contributed by atoms with Crippen molar-refractivity contribution in [1.29, 1.82) is 0 Å². The summed E-state index contributed by atoms with van der Waals surface area (Å²) in [4.78, 5) is 10.9. The van der Waals surface area contributed by atoms with E-state index in [1.165, 1.54) is 7.11 Å². The van der Waals surface area contributed by atoms with Crippen LogP contribution in [0.2, 0.25) is 0 Å². The molecule has 2 N–H and O–H groups in total. The van der Waals surface area contributed by atoms with Crippen LogP contribution in [0.15, 0.2) is 0 Å². The average Bonchev–Trinajstić information content (AvgIpc) is 2.55. The van der Waals surface area contributed by atoms with Crippen LogP contribution < -0.4 is 5.73 Å². The van der Waals surface area contributed by atoms with E-state index in [1.54, 1.807) is 0 Å². The normalized spacial score (nSPS) is 20.8. The van der Waals surface area contributed by atoms with Crippen LogP contribution in [0.5, 0.6) is 0 Å². The van der Waals surface area contributed by atoms with Crippen molar-refractivity contribution in [3.63, 3.8) is 0 Å². The van der Waals surface area contributed by atoms with Gasteiger partial charge in [-0.1, -0.05) is 0 Å². The van der Waals surface area contributed by atoms with Crippen molar-refractivity contribution in [2.24, 2.45) is 5.73 Å². The van der Waals surface area contributed by atoms with Gasteiger partial charge in [0.15, 0.2) is 0 Å². The lowest BCUT2D eigenvalue weighted by atomic mass is 9.99. The highest BCUT2D eigenvalue weighted by Crippen LogP contribution is 2.26. The predicted octanol–water partition coefficient (Wildman–Crippen LogP) is 0.282. The smallest absolute Gasteiger partial charge is 0.322 e. The molecule has 1 rings (SSSR count). The summed E-state index contributed by atoms with van der Waals surface area (Å²) in [5.41, 5.74) is 5.54. The summed E-state index contributed by atoms with van der Waals surface area (Å²) >= 11 is 0. The van der Waals surface area contributed by atoms with E-state index in [-0.39, 0.29) is 5.97 Å². The fourth-order valence-electron chi connectivity index (χ4n) is 1.04. The van der Waals surface area contributed by atoms with Gasteiger partial charge in [0.2, 0.25) is 0 Å². The summed E-state index contributed by atoms with van der Waals surface area (Å²) in [5.74, 6) is 0.698. The van der Waals surface area contributed by atoms with Crippen LogP contribution in [0.4, 0.5) is 0 Å². The molecule has 0 unspecified atom stereocenters. The number of ether oxygens (including phenoxy) is 1. The summed E-state index contributed by atoms with van der Waals surface area (Å²) < 4.78 is 4.50. The molecule has 0 heterocycles. The van der Waals surface area contributed by atoms with Gasteiger partial charge >= 0.3 is 5.97 Å². The molecular formula is C9H12NO2. The second kappa shape index (κ2) is 4.45. The van der Waals surface area contributed by atoms with Crippen LogP contribution in [0, 0.1) is 31.6 Å². The Hall–Kier alpha value is -0.570. The number of carbonyl (C=O) groups excluding carboxylic acids is 1. The molecule has 0 aliphatic heterocycles. The van der Waals surface area contributed by atoms with Crippen molar-refractivity contribution in [3.8, 4) is 0 Å². The Kier molecular flexibility index (Phi) is 3.53. The molecule has 1 aliphatic carbocycles. The highest BCUT2D eigenvalue weighted by atomic mass is 16.5. The fourth-order valence-corrected chi connectivity index (χ4v) is 1.04. The largest absolute Gasteiger partial charge is 0.468 e. The van der Waals surface area contributed by atoms with Crippen LogP contribution in [-0.4, -0.2) is 19.1 Å². The predicted molar refractivity (Wildman–Crippen MR) is 45.1 cm³/mol. The third kappa shape index (κ3) is 2.48. The molecule has 0 aromatic rings. The minimum Gasteiger partial charge on any atom is -0.468 e. The summed E-state index contributed by atoms with van der Waals surface area (Å²) in [7, 11) is 1.34. The van der Waals surface area contributed by atoms with Crippen molar-refractivity contribution in [2.45, 2.75) is 12.5 Å². The molecule has 0 saturated heterocycles. The van der Waals surface area contributed by atoms with Crippen molar-refractivity contribution < 1.29 is 9.53 Å². The maximum Gasteiger partial charge on any atom is 0.322 e. The molecule has 1 atom stereocenters. The number of nitrogens with two attached hydrogens (primary N) is 1. The maximum atomic E-state index is 10.9. The zero-order valence-electron chi connectivity index (χ0n) is 6.99. The van der Waals surface area contributed by atoms with Crippen LogP contribution in [0.1, 0.15) is 6.42 Å². The number of rotatable bonds is 3. The van der Waals surface area contributed by atoms with Crippen LogP contribution >= 0.6 is 0 Å². The van der Waals surface area contributed by atoms with Crippen LogP contribution in [0.25, 0.3) is 0 Å². The fraction of sp³-hybridized carbons (Fsp3) is 0.333. The molecule has 0 aromatic carbocycles. The standard InChI is InChI=1S/C9H12NO2/c1-12-9(11)8(10)6-7-4-2-3-5-7/h2-5,8H,6,10H2,1H3/t8-/m0/s1. The van der Waals surface area contributed by atoms with E-state index in [0.29, 0.717) is 6.42 Å². The molecule has 0 amide bonds. The zero-order valence-corrected chi connectivity index (χ0v) is 6.99. The van der Waals surface area contributed by atoms with E-state index >= 15 is 0 Å². The first-order valence-corrected chi connectivity index (χ1v) is 3.78. The van der Waals surface area contributed by atoms with E-state index in [9.17, 15) is 4.79 Å². The monoisotopic (exact) mass is 166 g/mol. The second-order valence-electron chi connectivity index (χ2n) is 2.63. The number of hydrogen-bond donors (Lipinski definition) is 1. The van der Waals surface area contributed by atoms with Crippen molar-refractivity contribution in [2.75, 3.05) is 7.11 Å². The summed E-state index contributed by atoms with van der Waals surface area (Å²) in [6, 6.07) is -0.544. The molecule has 3 heteroatoms. The van der Waals surface area contributed by atoms with Crippen molar-refractivity contribution in [1.82, 2.24) is 0 Å². The molecule has 1 aliphatic rings. The molecule has 0 spiro atoms. The molecule has 65 valence electrons. The number of methoxy groups -OCH3 is 1. The highest BCUT2D eigenvalue weighted by molar-refractivity contribution is 5.75. The van der Waals surface area contributed by atoms with Crippen molar-refractivity contribution in [3.05, 3.63) is 31.6 Å². The molecular weight excluding hydrogens is 154 g/mol. The van der Waals surface area contributed by atoms with Crippen LogP contribution in [0.3, 0.4) is 0 Å². The van der Waals surface area contributed by atoms with Gasteiger partial charge in [0.05, 0.1) is 7.11 Å². The Morgan fingerprint density at radius 3 is 2.67 bits per heavy atom. The second-order valence-corrected chi connectivity index (χ2v) is 2.63. The topological polar surface area (TPSA) is 52.3 Å². The SMILES string of the molecule is COC(=O)[C@@H](N)C[C]1[CH][CH][CH][CH]1. The lowest BCUT2D eigenvalue weighted by Crippen LogP contribution is -2.32. The molecule has 1 saturated carbocycles. The molecule has 0 aromatic heterocycles. The molecule has 1 fully saturated rings. The Morgan fingerprint density at radius 1 is 1.58 bits per heavy atom. The van der Waals surface area contributed by atoms with Crippen molar-refractivity contribution >= 4 is 5.97 Å². The van der Waals surface area contributed by atoms with Gasteiger partial charge in [-0.25, -0.2) is 0 Å². The molecule has 5 radical (unpaired) electrons. The third-order valence-electron chi connectivity index (χ3n) is 1.69. The maximum absolute atomic E-state index is 10.9. The molecule has 0 bridgehead atoms. The lowest BCUT2D eigenvalue weighted by molar-refractivity contribution is -0.142. The van der Waals surface area contributed by atoms with E-state index in [2.05, 4.69) is 4.74 Å². The van der Waals surface area contributed by atoms with E-state index in [1.807, 2.05) is 25.7 Å².